The first-order chi connectivity index (χ1) is 14.5. The van der Waals surface area contributed by atoms with Crippen molar-refractivity contribution in [1.29, 1.82) is 0 Å². The van der Waals surface area contributed by atoms with Crippen LogP contribution in [0.5, 0.6) is 0 Å². The lowest BCUT2D eigenvalue weighted by molar-refractivity contribution is -0.131. The monoisotopic (exact) mass is 401 g/mol. The van der Waals surface area contributed by atoms with Crippen LogP contribution >= 0.6 is 0 Å². The lowest BCUT2D eigenvalue weighted by Crippen LogP contribution is -2.41. The van der Waals surface area contributed by atoms with E-state index in [-0.39, 0.29) is 19.0 Å². The minimum Gasteiger partial charge on any atom is -0.408 e. The van der Waals surface area contributed by atoms with Gasteiger partial charge in [0.15, 0.2) is 5.58 Å². The molecule has 0 saturated carbocycles. The van der Waals surface area contributed by atoms with Crippen molar-refractivity contribution in [1.82, 2.24) is 14.8 Å². The van der Waals surface area contributed by atoms with Crippen molar-refractivity contribution in [3.8, 4) is 0 Å². The van der Waals surface area contributed by atoms with Crippen LogP contribution in [0.2, 0.25) is 0 Å². The Kier molecular flexibility index (Phi) is 3.99. The summed E-state index contributed by atoms with van der Waals surface area (Å²) in [4.78, 5) is 39.4. The molecule has 1 atom stereocenters. The molecule has 5 rings (SSSR count). The van der Waals surface area contributed by atoms with E-state index in [1.54, 1.807) is 31.2 Å². The van der Waals surface area contributed by atoms with Crippen LogP contribution < -0.4 is 11.1 Å². The Morgan fingerprint density at radius 1 is 0.900 bits per heavy atom. The van der Waals surface area contributed by atoms with Crippen molar-refractivity contribution in [3.63, 3.8) is 0 Å². The predicted octanol–water partition coefficient (Wildman–Crippen LogP) is 3.21. The van der Waals surface area contributed by atoms with E-state index in [1.165, 1.54) is 4.57 Å². The molecule has 30 heavy (non-hydrogen) atoms. The highest BCUT2D eigenvalue weighted by molar-refractivity contribution is 6.09. The third kappa shape index (κ3) is 2.62. The van der Waals surface area contributed by atoms with Gasteiger partial charge in [0.25, 0.3) is 5.91 Å². The molecule has 1 fully saturated rings. The number of amides is 3. The first kappa shape index (κ1) is 18.2. The predicted molar refractivity (Wildman–Crippen MR) is 112 cm³/mol. The van der Waals surface area contributed by atoms with Gasteiger partial charge in [-0.05, 0) is 35.4 Å². The molecule has 0 radical (unpaired) electrons. The van der Waals surface area contributed by atoms with Crippen LogP contribution in [0.1, 0.15) is 12.5 Å². The summed E-state index contributed by atoms with van der Waals surface area (Å²) in [5.74, 6) is -0.857. The first-order valence-electron chi connectivity index (χ1n) is 9.70. The standard InChI is InChI=1S/C23H19N3O4/c1-23(17-10-6-8-15-7-2-3-9-16(15)17)20(27)26(21(28)24-23)14-13-25-18-11-4-5-12-19(18)30-22(25)29/h2-12H,13-14H2,1H3,(H,24,28). The van der Waals surface area contributed by atoms with E-state index in [4.69, 9.17) is 4.42 Å². The van der Waals surface area contributed by atoms with E-state index in [2.05, 4.69) is 5.32 Å². The van der Waals surface area contributed by atoms with E-state index in [9.17, 15) is 14.4 Å². The number of nitrogens with zero attached hydrogens (tertiary/aromatic N) is 2. The average Bonchev–Trinajstić information content (AvgIpc) is 3.19. The fraction of sp³-hybridized carbons (Fsp3) is 0.174. The largest absolute Gasteiger partial charge is 0.420 e. The Hall–Kier alpha value is -3.87. The number of urea groups is 1. The lowest BCUT2D eigenvalue weighted by Gasteiger charge is -2.24. The number of nitrogens with one attached hydrogen (secondary N) is 1. The number of carbonyl (C=O) groups is 2. The SMILES string of the molecule is CC1(c2cccc3ccccc23)NC(=O)N(CCn2c(=O)oc3ccccc32)C1=O. The van der Waals surface area contributed by atoms with Gasteiger partial charge in [-0.15, -0.1) is 0 Å². The maximum Gasteiger partial charge on any atom is 0.420 e. The van der Waals surface area contributed by atoms with Gasteiger partial charge in [0.1, 0.15) is 5.54 Å². The molecule has 1 aliphatic heterocycles. The number of imide groups is 1. The highest BCUT2D eigenvalue weighted by atomic mass is 16.4. The Bertz CT molecular complexity index is 1360. The molecule has 1 unspecified atom stereocenters. The second kappa shape index (κ2) is 6.59. The van der Waals surface area contributed by atoms with E-state index in [1.807, 2.05) is 42.5 Å². The van der Waals surface area contributed by atoms with Crippen LogP contribution in [-0.4, -0.2) is 28.0 Å². The lowest BCUT2D eigenvalue weighted by atomic mass is 9.88. The number of hydrogen-bond donors (Lipinski definition) is 1. The second-order valence-corrected chi connectivity index (χ2v) is 7.53. The van der Waals surface area contributed by atoms with Crippen molar-refractivity contribution in [2.24, 2.45) is 0 Å². The van der Waals surface area contributed by atoms with Gasteiger partial charge in [-0.2, -0.15) is 0 Å². The van der Waals surface area contributed by atoms with Crippen LogP contribution in [0.15, 0.2) is 75.9 Å². The fourth-order valence-corrected chi connectivity index (χ4v) is 4.17. The fourth-order valence-electron chi connectivity index (χ4n) is 4.17. The second-order valence-electron chi connectivity index (χ2n) is 7.53. The summed E-state index contributed by atoms with van der Waals surface area (Å²) in [6.45, 7) is 1.93. The molecule has 3 aromatic carbocycles. The zero-order valence-corrected chi connectivity index (χ0v) is 16.3. The Morgan fingerprint density at radius 2 is 1.63 bits per heavy atom. The van der Waals surface area contributed by atoms with Crippen LogP contribution in [0.25, 0.3) is 21.9 Å². The number of carbonyl (C=O) groups excluding carboxylic acids is 2. The van der Waals surface area contributed by atoms with Crippen molar-refractivity contribution >= 4 is 33.8 Å². The van der Waals surface area contributed by atoms with Gasteiger partial charge in [-0.1, -0.05) is 54.6 Å². The van der Waals surface area contributed by atoms with Crippen LogP contribution in [-0.2, 0) is 16.9 Å². The smallest absolute Gasteiger partial charge is 0.408 e. The number of oxazole rings is 1. The number of fused-ring (bicyclic) bond motifs is 2. The van der Waals surface area contributed by atoms with E-state index in [0.29, 0.717) is 11.1 Å². The molecule has 0 spiro atoms. The van der Waals surface area contributed by atoms with Gasteiger partial charge in [-0.25, -0.2) is 9.59 Å². The van der Waals surface area contributed by atoms with Crippen LogP contribution in [0.3, 0.4) is 0 Å². The summed E-state index contributed by atoms with van der Waals surface area (Å²) < 4.78 is 6.66. The minimum absolute atomic E-state index is 0.0639. The van der Waals surface area contributed by atoms with Gasteiger partial charge in [-0.3, -0.25) is 14.3 Å². The van der Waals surface area contributed by atoms with Crippen molar-refractivity contribution in [2.75, 3.05) is 6.54 Å². The zero-order chi connectivity index (χ0) is 20.9. The quantitative estimate of drug-likeness (QED) is 0.532. The van der Waals surface area contributed by atoms with Crippen molar-refractivity contribution in [3.05, 3.63) is 82.8 Å². The molecule has 1 saturated heterocycles. The average molecular weight is 401 g/mol. The van der Waals surface area contributed by atoms with Crippen LogP contribution in [0.4, 0.5) is 4.79 Å². The third-order valence-electron chi connectivity index (χ3n) is 5.72. The van der Waals surface area contributed by atoms with Crippen LogP contribution in [0, 0.1) is 0 Å². The molecule has 1 N–H and O–H groups in total. The highest BCUT2D eigenvalue weighted by Crippen LogP contribution is 2.33. The molecule has 1 aliphatic rings. The first-order valence-corrected chi connectivity index (χ1v) is 9.70. The molecule has 7 heteroatoms. The molecular formula is C23H19N3O4. The summed E-state index contributed by atoms with van der Waals surface area (Å²) in [7, 11) is 0. The molecule has 0 aliphatic carbocycles. The maximum absolute atomic E-state index is 13.3. The number of benzene rings is 3. The normalized spacial score (nSPS) is 19.0. The zero-order valence-electron chi connectivity index (χ0n) is 16.3. The molecular weight excluding hydrogens is 382 g/mol. The molecule has 3 amide bonds. The van der Waals surface area contributed by atoms with E-state index >= 15 is 0 Å². The maximum atomic E-state index is 13.3. The molecule has 7 nitrogen and oxygen atoms in total. The molecule has 4 aromatic rings. The number of rotatable bonds is 4. The van der Waals surface area contributed by atoms with Crippen molar-refractivity contribution in [2.45, 2.75) is 19.0 Å². The number of para-hydroxylation sites is 2. The topological polar surface area (TPSA) is 84.6 Å². The van der Waals surface area contributed by atoms with Crippen molar-refractivity contribution < 1.29 is 14.0 Å². The summed E-state index contributed by atoms with van der Waals surface area (Å²) in [6.07, 6.45) is 0. The number of hydrogen-bond acceptors (Lipinski definition) is 4. The third-order valence-corrected chi connectivity index (χ3v) is 5.72. The molecule has 2 heterocycles. The van der Waals surface area contributed by atoms with E-state index < -0.39 is 17.3 Å². The van der Waals surface area contributed by atoms with Gasteiger partial charge < -0.3 is 9.73 Å². The highest BCUT2D eigenvalue weighted by Gasteiger charge is 2.49. The van der Waals surface area contributed by atoms with Gasteiger partial charge in [0.05, 0.1) is 5.52 Å². The summed E-state index contributed by atoms with van der Waals surface area (Å²) >= 11 is 0. The summed E-state index contributed by atoms with van der Waals surface area (Å²) in [5, 5.41) is 4.75. The Morgan fingerprint density at radius 3 is 2.50 bits per heavy atom. The van der Waals surface area contributed by atoms with Gasteiger partial charge >= 0.3 is 11.8 Å². The molecule has 0 bridgehead atoms. The summed E-state index contributed by atoms with van der Waals surface area (Å²) in [6, 6.07) is 20.0. The van der Waals surface area contributed by atoms with Gasteiger partial charge in [0, 0.05) is 13.1 Å². The Labute approximate surface area is 171 Å². The Balaban J connectivity index is 1.47. The van der Waals surface area contributed by atoms with Gasteiger partial charge in [0.2, 0.25) is 0 Å². The molecule has 150 valence electrons. The number of aromatic nitrogens is 1. The minimum atomic E-state index is -1.18. The van der Waals surface area contributed by atoms with E-state index in [0.717, 1.165) is 21.2 Å². The molecule has 1 aromatic heterocycles. The summed E-state index contributed by atoms with van der Waals surface area (Å²) in [5.41, 5.74) is 0.667.